The number of alkyl halides is 2. The van der Waals surface area contributed by atoms with E-state index in [1.54, 1.807) is 6.07 Å². The van der Waals surface area contributed by atoms with Gasteiger partial charge >= 0.3 is 0 Å². The second kappa shape index (κ2) is 9.57. The van der Waals surface area contributed by atoms with Crippen LogP contribution in [-0.2, 0) is 4.79 Å². The Hall–Kier alpha value is -2.60. The van der Waals surface area contributed by atoms with E-state index in [2.05, 4.69) is 24.5 Å². The van der Waals surface area contributed by atoms with Crippen molar-refractivity contribution in [3.8, 4) is 0 Å². The van der Waals surface area contributed by atoms with E-state index < -0.39 is 22.0 Å². The number of amides is 2. The summed E-state index contributed by atoms with van der Waals surface area (Å²) in [7, 11) is 0. The SMILES string of the molecule is CC(C)c1ccc(C2C(C(=O)Nc3ccc(Cl)c(C(=O)Nc4ccc(F)cc4)c3)C2(Cl)Cl)cc1. The number of rotatable bonds is 6. The first-order valence-corrected chi connectivity index (χ1v) is 11.9. The average molecular weight is 520 g/mol. The highest BCUT2D eigenvalue weighted by atomic mass is 35.5. The molecule has 0 bridgehead atoms. The third-order valence-electron chi connectivity index (χ3n) is 5.88. The van der Waals surface area contributed by atoms with E-state index in [0.29, 0.717) is 17.3 Å². The van der Waals surface area contributed by atoms with Crippen molar-refractivity contribution in [2.24, 2.45) is 5.92 Å². The highest BCUT2D eigenvalue weighted by Crippen LogP contribution is 2.65. The molecular formula is C26H22Cl3FN2O2. The molecule has 0 spiro atoms. The van der Waals surface area contributed by atoms with Crippen molar-refractivity contribution in [2.45, 2.75) is 30.0 Å². The molecule has 1 saturated carbocycles. The van der Waals surface area contributed by atoms with Gasteiger partial charge in [-0.2, -0.15) is 0 Å². The van der Waals surface area contributed by atoms with Crippen LogP contribution in [0, 0.1) is 11.7 Å². The Morgan fingerprint density at radius 3 is 2.15 bits per heavy atom. The molecular weight excluding hydrogens is 498 g/mol. The van der Waals surface area contributed by atoms with Crippen LogP contribution in [0.3, 0.4) is 0 Å². The van der Waals surface area contributed by atoms with Gasteiger partial charge in [0.25, 0.3) is 5.91 Å². The summed E-state index contributed by atoms with van der Waals surface area (Å²) in [6.45, 7) is 4.21. The minimum atomic E-state index is -1.22. The topological polar surface area (TPSA) is 58.2 Å². The molecule has 0 saturated heterocycles. The molecule has 176 valence electrons. The van der Waals surface area contributed by atoms with Gasteiger partial charge in [0.2, 0.25) is 5.91 Å². The Morgan fingerprint density at radius 1 is 0.912 bits per heavy atom. The van der Waals surface area contributed by atoms with Gasteiger partial charge in [-0.3, -0.25) is 9.59 Å². The highest BCUT2D eigenvalue weighted by molar-refractivity contribution is 6.53. The summed E-state index contributed by atoms with van der Waals surface area (Å²) in [5, 5.41) is 5.64. The fourth-order valence-electron chi connectivity index (χ4n) is 3.88. The molecule has 2 amide bonds. The highest BCUT2D eigenvalue weighted by Gasteiger charge is 2.67. The number of carbonyl (C=O) groups is 2. The van der Waals surface area contributed by atoms with E-state index in [-0.39, 0.29) is 22.4 Å². The summed E-state index contributed by atoms with van der Waals surface area (Å²) in [6, 6.07) is 17.9. The molecule has 8 heteroatoms. The van der Waals surface area contributed by atoms with Gasteiger partial charge < -0.3 is 10.6 Å². The van der Waals surface area contributed by atoms with Crippen molar-refractivity contribution in [1.29, 1.82) is 0 Å². The molecule has 0 radical (unpaired) electrons. The molecule has 0 aliphatic heterocycles. The zero-order chi connectivity index (χ0) is 24.6. The number of hydrogen-bond acceptors (Lipinski definition) is 2. The normalized spacial score (nSPS) is 18.4. The minimum absolute atomic E-state index is 0.156. The van der Waals surface area contributed by atoms with Crippen LogP contribution in [-0.4, -0.2) is 16.1 Å². The number of halogens is 4. The summed E-state index contributed by atoms with van der Waals surface area (Å²) in [6.07, 6.45) is 0. The third-order valence-corrected chi connectivity index (χ3v) is 7.15. The molecule has 3 aromatic carbocycles. The summed E-state index contributed by atoms with van der Waals surface area (Å²) < 4.78 is 11.9. The van der Waals surface area contributed by atoms with Crippen LogP contribution in [0.2, 0.25) is 5.02 Å². The maximum absolute atomic E-state index is 13.1. The van der Waals surface area contributed by atoms with Crippen molar-refractivity contribution in [3.05, 3.63) is 94.3 Å². The maximum Gasteiger partial charge on any atom is 0.257 e. The Morgan fingerprint density at radius 2 is 1.53 bits per heavy atom. The lowest BCUT2D eigenvalue weighted by Gasteiger charge is -2.10. The summed E-state index contributed by atoms with van der Waals surface area (Å²) in [4.78, 5) is 25.7. The zero-order valence-electron chi connectivity index (χ0n) is 18.4. The Labute approximate surface area is 212 Å². The second-order valence-corrected chi connectivity index (χ2v) is 10.4. The van der Waals surface area contributed by atoms with E-state index in [4.69, 9.17) is 34.8 Å². The van der Waals surface area contributed by atoms with Crippen LogP contribution >= 0.6 is 34.8 Å². The van der Waals surface area contributed by atoms with E-state index in [1.165, 1.54) is 42.0 Å². The molecule has 0 aromatic heterocycles. The second-order valence-electron chi connectivity index (χ2n) is 8.60. The molecule has 4 nitrogen and oxygen atoms in total. The van der Waals surface area contributed by atoms with Gasteiger partial charge in [0.05, 0.1) is 16.5 Å². The molecule has 3 aromatic rings. The lowest BCUT2D eigenvalue weighted by atomic mass is 10.00. The van der Waals surface area contributed by atoms with E-state index in [9.17, 15) is 14.0 Å². The first kappa shape index (κ1) is 24.5. The minimum Gasteiger partial charge on any atom is -0.326 e. The number of anilines is 2. The summed E-state index contributed by atoms with van der Waals surface area (Å²) in [5.74, 6) is -1.85. The number of hydrogen-bond donors (Lipinski definition) is 2. The molecule has 1 aliphatic rings. The average Bonchev–Trinajstić information content (AvgIpc) is 3.38. The molecule has 2 atom stereocenters. The van der Waals surface area contributed by atoms with Crippen LogP contribution in [0.25, 0.3) is 0 Å². The van der Waals surface area contributed by atoms with Crippen molar-refractivity contribution in [2.75, 3.05) is 10.6 Å². The molecule has 0 heterocycles. The number of carbonyl (C=O) groups excluding carboxylic acids is 2. The maximum atomic E-state index is 13.1. The van der Waals surface area contributed by atoms with Gasteiger partial charge in [0.15, 0.2) is 0 Å². The van der Waals surface area contributed by atoms with Crippen molar-refractivity contribution < 1.29 is 14.0 Å². The van der Waals surface area contributed by atoms with Crippen LogP contribution in [0.4, 0.5) is 15.8 Å². The quantitative estimate of drug-likeness (QED) is 0.334. The van der Waals surface area contributed by atoms with Gasteiger partial charge in [0.1, 0.15) is 10.2 Å². The smallest absolute Gasteiger partial charge is 0.257 e. The van der Waals surface area contributed by atoms with Crippen LogP contribution < -0.4 is 10.6 Å². The molecule has 1 fully saturated rings. The zero-order valence-corrected chi connectivity index (χ0v) is 20.7. The van der Waals surface area contributed by atoms with Gasteiger partial charge in [0, 0.05) is 17.3 Å². The van der Waals surface area contributed by atoms with Gasteiger partial charge in [-0.25, -0.2) is 4.39 Å². The predicted octanol–water partition coefficient (Wildman–Crippen LogP) is 7.38. The first-order chi connectivity index (χ1) is 16.1. The third kappa shape index (κ3) is 5.07. The number of nitrogens with one attached hydrogen (secondary N) is 2. The molecule has 2 unspecified atom stereocenters. The predicted molar refractivity (Wildman–Crippen MR) is 136 cm³/mol. The van der Waals surface area contributed by atoms with Crippen LogP contribution in [0.5, 0.6) is 0 Å². The largest absolute Gasteiger partial charge is 0.326 e. The molecule has 34 heavy (non-hydrogen) atoms. The molecule has 4 rings (SSSR count). The van der Waals surface area contributed by atoms with Crippen LogP contribution in [0.15, 0.2) is 66.7 Å². The molecule has 1 aliphatic carbocycles. The van der Waals surface area contributed by atoms with E-state index in [1.807, 2.05) is 24.3 Å². The molecule has 2 N–H and O–H groups in total. The van der Waals surface area contributed by atoms with Gasteiger partial charge in [-0.05, 0) is 59.5 Å². The van der Waals surface area contributed by atoms with E-state index in [0.717, 1.165) is 5.56 Å². The fourth-order valence-corrected chi connectivity index (χ4v) is 4.92. The van der Waals surface area contributed by atoms with Crippen molar-refractivity contribution in [1.82, 2.24) is 0 Å². The summed E-state index contributed by atoms with van der Waals surface area (Å²) >= 11 is 19.1. The first-order valence-electron chi connectivity index (χ1n) is 10.7. The Bertz CT molecular complexity index is 1230. The number of benzene rings is 3. The summed E-state index contributed by atoms with van der Waals surface area (Å²) in [5.41, 5.74) is 3.03. The van der Waals surface area contributed by atoms with Crippen molar-refractivity contribution in [3.63, 3.8) is 0 Å². The lowest BCUT2D eigenvalue weighted by Crippen LogP contribution is -2.18. The monoisotopic (exact) mass is 518 g/mol. The van der Waals surface area contributed by atoms with Crippen molar-refractivity contribution >= 4 is 58.0 Å². The fraction of sp³-hybridized carbons (Fsp3) is 0.231. The van der Waals surface area contributed by atoms with Crippen LogP contribution in [0.1, 0.15) is 47.2 Å². The van der Waals surface area contributed by atoms with Gasteiger partial charge in [-0.15, -0.1) is 23.2 Å². The Kier molecular flexibility index (Phi) is 6.90. The van der Waals surface area contributed by atoms with Gasteiger partial charge in [-0.1, -0.05) is 49.7 Å². The standard InChI is InChI=1S/C26H22Cl3FN2O2/c1-14(2)15-3-5-16(6-4-15)22-23(26(22,28)29)25(34)32-19-11-12-21(27)20(13-19)24(33)31-18-9-7-17(30)8-10-18/h3-14,22-23H,1-2H3,(H,31,33)(H,32,34). The Balaban J connectivity index is 1.47. The van der Waals surface area contributed by atoms with E-state index >= 15 is 0 Å². The lowest BCUT2D eigenvalue weighted by molar-refractivity contribution is -0.117.